The molecule has 0 aliphatic heterocycles. The van der Waals surface area contributed by atoms with Gasteiger partial charge in [0.05, 0.1) is 5.75 Å². The van der Waals surface area contributed by atoms with Crippen molar-refractivity contribution in [2.24, 2.45) is 5.73 Å². The highest BCUT2D eigenvalue weighted by Gasteiger charge is 2.21. The van der Waals surface area contributed by atoms with E-state index in [-0.39, 0.29) is 23.5 Å². The Balaban J connectivity index is 2.28. The molecular weight excluding hydrogens is 240 g/mol. The highest BCUT2D eigenvalue weighted by atomic mass is 32.2. The van der Waals surface area contributed by atoms with E-state index in [4.69, 9.17) is 5.73 Å². The van der Waals surface area contributed by atoms with Crippen LogP contribution in [0.5, 0.6) is 0 Å². The van der Waals surface area contributed by atoms with Crippen molar-refractivity contribution in [1.29, 1.82) is 0 Å². The van der Waals surface area contributed by atoms with Crippen LogP contribution in [0, 0.1) is 0 Å². The van der Waals surface area contributed by atoms with Crippen LogP contribution in [-0.4, -0.2) is 38.4 Å². The molecular formula is C11H22N2O3S. The van der Waals surface area contributed by atoms with Gasteiger partial charge in [0, 0.05) is 6.04 Å². The number of hydrogen-bond acceptors (Lipinski definition) is 4. The van der Waals surface area contributed by atoms with Crippen molar-refractivity contribution in [2.45, 2.75) is 44.6 Å². The van der Waals surface area contributed by atoms with E-state index in [1.807, 2.05) is 0 Å². The first kappa shape index (κ1) is 14.4. The molecule has 0 bridgehead atoms. The van der Waals surface area contributed by atoms with Crippen LogP contribution in [0.1, 0.15) is 38.5 Å². The van der Waals surface area contributed by atoms with E-state index < -0.39 is 9.84 Å². The van der Waals surface area contributed by atoms with Gasteiger partial charge in [-0.3, -0.25) is 4.79 Å². The van der Waals surface area contributed by atoms with Gasteiger partial charge in [-0.15, -0.1) is 0 Å². The summed E-state index contributed by atoms with van der Waals surface area (Å²) in [6.07, 6.45) is 5.40. The van der Waals surface area contributed by atoms with Crippen molar-refractivity contribution in [3.8, 4) is 0 Å². The number of nitrogens with one attached hydrogen (secondary N) is 1. The number of amides is 1. The van der Waals surface area contributed by atoms with E-state index >= 15 is 0 Å². The van der Waals surface area contributed by atoms with Crippen molar-refractivity contribution in [1.82, 2.24) is 5.32 Å². The van der Waals surface area contributed by atoms with Gasteiger partial charge in [-0.05, 0) is 32.2 Å². The maximum Gasteiger partial charge on any atom is 0.235 e. The van der Waals surface area contributed by atoms with Gasteiger partial charge in [0.25, 0.3) is 0 Å². The van der Waals surface area contributed by atoms with Crippen molar-refractivity contribution in [3.05, 3.63) is 0 Å². The fraction of sp³-hybridized carbons (Fsp3) is 0.909. The molecule has 1 aliphatic rings. The van der Waals surface area contributed by atoms with Gasteiger partial charge in [0.1, 0.15) is 5.75 Å². The summed E-state index contributed by atoms with van der Waals surface area (Å²) in [5, 5.41) is 2.78. The Bertz CT molecular complexity index is 335. The number of sulfone groups is 1. The van der Waals surface area contributed by atoms with Crippen LogP contribution in [0.2, 0.25) is 0 Å². The van der Waals surface area contributed by atoms with E-state index in [0.29, 0.717) is 19.4 Å². The Morgan fingerprint density at radius 3 is 2.47 bits per heavy atom. The molecule has 0 radical (unpaired) electrons. The standard InChI is InChI=1S/C11H22N2O3S/c12-7-3-4-8-17(15,16)9-11(14)13-10-5-1-2-6-10/h10H,1-9,12H2,(H,13,14). The summed E-state index contributed by atoms with van der Waals surface area (Å²) in [6, 6.07) is 0.182. The Hall–Kier alpha value is -0.620. The molecule has 5 nitrogen and oxygen atoms in total. The molecule has 0 unspecified atom stereocenters. The molecule has 17 heavy (non-hydrogen) atoms. The second kappa shape index (κ2) is 6.96. The first-order valence-electron chi connectivity index (χ1n) is 6.23. The highest BCUT2D eigenvalue weighted by molar-refractivity contribution is 7.92. The molecule has 0 aromatic rings. The molecule has 6 heteroatoms. The van der Waals surface area contributed by atoms with Gasteiger partial charge in [-0.1, -0.05) is 12.8 Å². The summed E-state index contributed by atoms with van der Waals surface area (Å²) in [7, 11) is -3.26. The van der Waals surface area contributed by atoms with Crippen LogP contribution >= 0.6 is 0 Å². The maximum atomic E-state index is 11.6. The first-order chi connectivity index (χ1) is 8.03. The highest BCUT2D eigenvalue weighted by Crippen LogP contribution is 2.17. The zero-order chi connectivity index (χ0) is 12.7. The minimum atomic E-state index is -3.26. The lowest BCUT2D eigenvalue weighted by Crippen LogP contribution is -2.37. The fourth-order valence-electron chi connectivity index (χ4n) is 2.08. The topological polar surface area (TPSA) is 89.3 Å². The molecule has 1 aliphatic carbocycles. The lowest BCUT2D eigenvalue weighted by atomic mass is 10.2. The molecule has 0 heterocycles. The summed E-state index contributed by atoms with van der Waals surface area (Å²) in [4.78, 5) is 11.5. The zero-order valence-electron chi connectivity index (χ0n) is 10.2. The third-order valence-electron chi connectivity index (χ3n) is 2.98. The van der Waals surface area contributed by atoms with Gasteiger partial charge >= 0.3 is 0 Å². The van der Waals surface area contributed by atoms with Crippen molar-refractivity contribution in [2.75, 3.05) is 18.1 Å². The molecule has 1 amide bonds. The van der Waals surface area contributed by atoms with Crippen LogP contribution in [-0.2, 0) is 14.6 Å². The number of nitrogens with two attached hydrogens (primary N) is 1. The van der Waals surface area contributed by atoms with E-state index in [2.05, 4.69) is 5.32 Å². The summed E-state index contributed by atoms with van der Waals surface area (Å²) in [6.45, 7) is 0.490. The fourth-order valence-corrected chi connectivity index (χ4v) is 3.35. The zero-order valence-corrected chi connectivity index (χ0v) is 11.0. The molecule has 0 aromatic carbocycles. The smallest absolute Gasteiger partial charge is 0.235 e. The maximum absolute atomic E-state index is 11.6. The third kappa shape index (κ3) is 6.02. The Kier molecular flexibility index (Phi) is 5.91. The summed E-state index contributed by atoms with van der Waals surface area (Å²) < 4.78 is 23.2. The van der Waals surface area contributed by atoms with Gasteiger partial charge < -0.3 is 11.1 Å². The predicted octanol–water partition coefficient (Wildman–Crippen LogP) is 0.199. The molecule has 1 saturated carbocycles. The third-order valence-corrected chi connectivity index (χ3v) is 4.59. The quantitative estimate of drug-likeness (QED) is 0.641. The normalized spacial score (nSPS) is 17.2. The Labute approximate surface area is 103 Å². The molecule has 1 fully saturated rings. The molecule has 3 N–H and O–H groups in total. The Morgan fingerprint density at radius 1 is 1.24 bits per heavy atom. The van der Waals surface area contributed by atoms with Gasteiger partial charge in [0.2, 0.25) is 5.91 Å². The summed E-state index contributed by atoms with van der Waals surface area (Å²) >= 11 is 0. The van der Waals surface area contributed by atoms with Crippen LogP contribution in [0.3, 0.4) is 0 Å². The number of rotatable bonds is 7. The number of carbonyl (C=O) groups excluding carboxylic acids is 1. The van der Waals surface area contributed by atoms with Crippen molar-refractivity contribution in [3.63, 3.8) is 0 Å². The second-order valence-electron chi connectivity index (χ2n) is 4.64. The van der Waals surface area contributed by atoms with Crippen molar-refractivity contribution >= 4 is 15.7 Å². The predicted molar refractivity (Wildman–Crippen MR) is 67.3 cm³/mol. The van der Waals surface area contributed by atoms with E-state index in [1.54, 1.807) is 0 Å². The molecule has 1 rings (SSSR count). The van der Waals surface area contributed by atoms with Crippen LogP contribution < -0.4 is 11.1 Å². The first-order valence-corrected chi connectivity index (χ1v) is 8.05. The second-order valence-corrected chi connectivity index (χ2v) is 6.82. The van der Waals surface area contributed by atoms with Crippen LogP contribution in [0.25, 0.3) is 0 Å². The van der Waals surface area contributed by atoms with Gasteiger partial charge in [0.15, 0.2) is 9.84 Å². The average Bonchev–Trinajstić information content (AvgIpc) is 2.69. The van der Waals surface area contributed by atoms with E-state index in [1.165, 1.54) is 0 Å². The van der Waals surface area contributed by atoms with E-state index in [0.717, 1.165) is 25.7 Å². The SMILES string of the molecule is NCCCCS(=O)(=O)CC(=O)NC1CCCC1. The number of hydrogen-bond donors (Lipinski definition) is 2. The summed E-state index contributed by atoms with van der Waals surface area (Å²) in [5.74, 6) is -0.680. The number of carbonyl (C=O) groups is 1. The minimum absolute atomic E-state index is 0.0578. The molecule has 0 aromatic heterocycles. The molecule has 100 valence electrons. The molecule has 0 saturated heterocycles. The minimum Gasteiger partial charge on any atom is -0.352 e. The lowest BCUT2D eigenvalue weighted by molar-refractivity contribution is -0.119. The van der Waals surface area contributed by atoms with Crippen molar-refractivity contribution < 1.29 is 13.2 Å². The Morgan fingerprint density at radius 2 is 1.88 bits per heavy atom. The molecule has 0 spiro atoms. The van der Waals surface area contributed by atoms with Gasteiger partial charge in [-0.25, -0.2) is 8.42 Å². The molecule has 0 atom stereocenters. The van der Waals surface area contributed by atoms with Gasteiger partial charge in [-0.2, -0.15) is 0 Å². The van der Waals surface area contributed by atoms with E-state index in [9.17, 15) is 13.2 Å². The van der Waals surface area contributed by atoms with Crippen LogP contribution in [0.15, 0.2) is 0 Å². The monoisotopic (exact) mass is 262 g/mol. The lowest BCUT2D eigenvalue weighted by Gasteiger charge is -2.11. The van der Waals surface area contributed by atoms with Crippen LogP contribution in [0.4, 0.5) is 0 Å². The average molecular weight is 262 g/mol. The largest absolute Gasteiger partial charge is 0.352 e. The number of unbranched alkanes of at least 4 members (excludes halogenated alkanes) is 1. The summed E-state index contributed by atoms with van der Waals surface area (Å²) in [5.41, 5.74) is 5.29.